The molecule has 0 atom stereocenters. The Kier molecular flexibility index (Phi) is 3.94. The maximum Gasteiger partial charge on any atom is 0.342 e. The van der Waals surface area contributed by atoms with E-state index in [0.717, 1.165) is 0 Å². The van der Waals surface area contributed by atoms with Crippen molar-refractivity contribution in [3.63, 3.8) is 0 Å². The summed E-state index contributed by atoms with van der Waals surface area (Å²) in [5.41, 5.74) is 5.63. The Bertz CT molecular complexity index is 638. The molecule has 8 heteroatoms. The summed E-state index contributed by atoms with van der Waals surface area (Å²) in [5.74, 6) is -0.397. The summed E-state index contributed by atoms with van der Waals surface area (Å²) >= 11 is 0. The molecule has 0 fully saturated rings. The smallest absolute Gasteiger partial charge is 0.342 e. The van der Waals surface area contributed by atoms with Crippen LogP contribution >= 0.6 is 0 Å². The Balaban J connectivity index is 1.87. The van der Waals surface area contributed by atoms with Gasteiger partial charge in [0.15, 0.2) is 12.4 Å². The minimum atomic E-state index is -0.720. The fourth-order valence-electron chi connectivity index (χ4n) is 1.40. The number of nitrogen functional groups attached to an aromatic ring is 1. The van der Waals surface area contributed by atoms with Gasteiger partial charge in [-0.25, -0.2) is 9.78 Å². The van der Waals surface area contributed by atoms with E-state index in [1.165, 1.54) is 12.3 Å². The lowest BCUT2D eigenvalue weighted by molar-refractivity contribution is -0.119. The number of hydrogen-bond acceptors (Lipinski definition) is 7. The standard InChI is InChI=1S/C12H12N4O4/c1-7-5-9(16-20-7)15-10(17)6-19-12(18)8-3-2-4-14-11(8)13/h2-5H,6H2,1H3,(H2,13,14)(H,15,16,17). The van der Waals surface area contributed by atoms with E-state index >= 15 is 0 Å². The summed E-state index contributed by atoms with van der Waals surface area (Å²) in [4.78, 5) is 26.9. The van der Waals surface area contributed by atoms with E-state index < -0.39 is 18.5 Å². The first-order chi connectivity index (χ1) is 9.56. The number of nitrogens with one attached hydrogen (secondary N) is 1. The normalized spacial score (nSPS) is 10.1. The number of aromatic nitrogens is 2. The number of amides is 1. The zero-order chi connectivity index (χ0) is 14.5. The van der Waals surface area contributed by atoms with Crippen LogP contribution in [0.25, 0.3) is 0 Å². The van der Waals surface area contributed by atoms with Gasteiger partial charge in [0.05, 0.1) is 0 Å². The molecule has 0 bridgehead atoms. The number of hydrogen-bond donors (Lipinski definition) is 2. The van der Waals surface area contributed by atoms with E-state index in [9.17, 15) is 9.59 Å². The lowest BCUT2D eigenvalue weighted by Crippen LogP contribution is -2.21. The quantitative estimate of drug-likeness (QED) is 0.790. The number of pyridine rings is 1. The first-order valence-corrected chi connectivity index (χ1v) is 5.67. The van der Waals surface area contributed by atoms with Crippen molar-refractivity contribution in [1.82, 2.24) is 10.1 Å². The topological polar surface area (TPSA) is 120 Å². The van der Waals surface area contributed by atoms with Crippen LogP contribution in [0.5, 0.6) is 0 Å². The second kappa shape index (κ2) is 5.83. The molecular formula is C12H12N4O4. The molecule has 1 amide bonds. The monoisotopic (exact) mass is 276 g/mol. The van der Waals surface area contributed by atoms with Gasteiger partial charge in [-0.05, 0) is 19.1 Å². The summed E-state index contributed by atoms with van der Waals surface area (Å²) < 4.78 is 9.60. The largest absolute Gasteiger partial charge is 0.452 e. The van der Waals surface area contributed by atoms with Crippen LogP contribution in [0.15, 0.2) is 28.9 Å². The van der Waals surface area contributed by atoms with Gasteiger partial charge >= 0.3 is 5.97 Å². The molecule has 0 spiro atoms. The molecule has 0 saturated heterocycles. The second-order valence-electron chi connectivity index (χ2n) is 3.88. The molecule has 0 aromatic carbocycles. The number of esters is 1. The molecule has 104 valence electrons. The van der Waals surface area contributed by atoms with E-state index in [1.54, 1.807) is 19.1 Å². The summed E-state index contributed by atoms with van der Waals surface area (Å²) in [5, 5.41) is 5.99. The average molecular weight is 276 g/mol. The number of nitrogens with two attached hydrogens (primary N) is 1. The van der Waals surface area contributed by atoms with Crippen LogP contribution in [-0.2, 0) is 9.53 Å². The van der Waals surface area contributed by atoms with E-state index in [2.05, 4.69) is 15.5 Å². The molecule has 0 aliphatic carbocycles. The van der Waals surface area contributed by atoms with Crippen LogP contribution in [0.3, 0.4) is 0 Å². The average Bonchev–Trinajstić information content (AvgIpc) is 2.82. The highest BCUT2D eigenvalue weighted by atomic mass is 16.5. The summed E-state index contributed by atoms with van der Waals surface area (Å²) in [6, 6.07) is 4.55. The van der Waals surface area contributed by atoms with Crippen molar-refractivity contribution in [2.45, 2.75) is 6.92 Å². The fourth-order valence-corrected chi connectivity index (χ4v) is 1.40. The Morgan fingerprint density at radius 1 is 1.50 bits per heavy atom. The number of rotatable bonds is 4. The van der Waals surface area contributed by atoms with E-state index in [1.807, 2.05) is 0 Å². The van der Waals surface area contributed by atoms with Crippen LogP contribution in [0.4, 0.5) is 11.6 Å². The second-order valence-corrected chi connectivity index (χ2v) is 3.88. The zero-order valence-electron chi connectivity index (χ0n) is 10.6. The molecule has 0 saturated carbocycles. The molecule has 2 heterocycles. The number of carbonyl (C=O) groups is 2. The number of aryl methyl sites for hydroxylation is 1. The van der Waals surface area contributed by atoms with Crippen LogP contribution in [0.2, 0.25) is 0 Å². The van der Waals surface area contributed by atoms with Crippen molar-refractivity contribution in [1.29, 1.82) is 0 Å². The number of anilines is 2. The predicted molar refractivity (Wildman–Crippen MR) is 68.8 cm³/mol. The molecule has 2 aromatic rings. The molecule has 0 unspecified atom stereocenters. The maximum absolute atomic E-state index is 11.7. The third-order valence-corrected chi connectivity index (χ3v) is 2.29. The van der Waals surface area contributed by atoms with Gasteiger partial charge in [-0.15, -0.1) is 0 Å². The van der Waals surface area contributed by atoms with Gasteiger partial charge in [0.25, 0.3) is 5.91 Å². The predicted octanol–water partition coefficient (Wildman–Crippen LogP) is 0.756. The zero-order valence-corrected chi connectivity index (χ0v) is 10.6. The van der Waals surface area contributed by atoms with Crippen molar-refractivity contribution < 1.29 is 18.8 Å². The highest BCUT2D eigenvalue weighted by molar-refractivity contribution is 5.97. The molecule has 2 rings (SSSR count). The Morgan fingerprint density at radius 2 is 2.30 bits per heavy atom. The molecule has 20 heavy (non-hydrogen) atoms. The Hall–Kier alpha value is -2.90. The van der Waals surface area contributed by atoms with Crippen LogP contribution in [0, 0.1) is 6.92 Å². The molecular weight excluding hydrogens is 264 g/mol. The van der Waals surface area contributed by atoms with Crippen molar-refractivity contribution in [3.8, 4) is 0 Å². The first kappa shape index (κ1) is 13.5. The van der Waals surface area contributed by atoms with Crippen LogP contribution in [-0.4, -0.2) is 28.6 Å². The minimum absolute atomic E-state index is 0.0463. The SMILES string of the molecule is Cc1cc(NC(=O)COC(=O)c2cccnc2N)no1. The van der Waals surface area contributed by atoms with Crippen molar-refractivity contribution >= 4 is 23.5 Å². The lowest BCUT2D eigenvalue weighted by atomic mass is 10.2. The summed E-state index contributed by atoms with van der Waals surface area (Å²) in [6.45, 7) is 1.23. The molecule has 0 aliphatic heterocycles. The van der Waals surface area contributed by atoms with Gasteiger partial charge in [0, 0.05) is 12.3 Å². The molecule has 8 nitrogen and oxygen atoms in total. The number of nitrogens with zero attached hydrogens (tertiary/aromatic N) is 2. The highest BCUT2D eigenvalue weighted by Crippen LogP contribution is 2.09. The third kappa shape index (κ3) is 3.31. The van der Waals surface area contributed by atoms with Crippen molar-refractivity contribution in [2.75, 3.05) is 17.7 Å². The molecule has 2 aromatic heterocycles. The van der Waals surface area contributed by atoms with Crippen LogP contribution in [0.1, 0.15) is 16.1 Å². The van der Waals surface area contributed by atoms with Gasteiger partial charge in [0.2, 0.25) is 0 Å². The van der Waals surface area contributed by atoms with Gasteiger partial charge in [-0.2, -0.15) is 0 Å². The third-order valence-electron chi connectivity index (χ3n) is 2.29. The van der Waals surface area contributed by atoms with Crippen molar-refractivity contribution in [3.05, 3.63) is 35.7 Å². The number of carbonyl (C=O) groups excluding carboxylic acids is 2. The summed E-state index contributed by atoms with van der Waals surface area (Å²) in [7, 11) is 0. The van der Waals surface area contributed by atoms with Crippen molar-refractivity contribution in [2.24, 2.45) is 0 Å². The van der Waals surface area contributed by atoms with Gasteiger partial charge in [0.1, 0.15) is 17.1 Å². The van der Waals surface area contributed by atoms with Gasteiger partial charge in [-0.3, -0.25) is 4.79 Å². The maximum atomic E-state index is 11.7. The number of ether oxygens (including phenoxy) is 1. The van der Waals surface area contributed by atoms with E-state index in [-0.39, 0.29) is 17.2 Å². The van der Waals surface area contributed by atoms with E-state index in [0.29, 0.717) is 5.76 Å². The molecule has 3 N–H and O–H groups in total. The van der Waals surface area contributed by atoms with Gasteiger partial charge < -0.3 is 20.3 Å². The summed E-state index contributed by atoms with van der Waals surface area (Å²) in [6.07, 6.45) is 1.45. The minimum Gasteiger partial charge on any atom is -0.452 e. The fraction of sp³-hybridized carbons (Fsp3) is 0.167. The highest BCUT2D eigenvalue weighted by Gasteiger charge is 2.14. The van der Waals surface area contributed by atoms with Crippen LogP contribution < -0.4 is 11.1 Å². The lowest BCUT2D eigenvalue weighted by Gasteiger charge is -2.05. The Morgan fingerprint density at radius 3 is 2.95 bits per heavy atom. The van der Waals surface area contributed by atoms with E-state index in [4.69, 9.17) is 15.0 Å². The molecule has 0 aliphatic rings. The first-order valence-electron chi connectivity index (χ1n) is 5.67. The Labute approximate surface area is 113 Å². The molecule has 0 radical (unpaired) electrons. The van der Waals surface area contributed by atoms with Gasteiger partial charge in [-0.1, -0.05) is 5.16 Å².